The molecule has 0 spiro atoms. The summed E-state index contributed by atoms with van der Waals surface area (Å²) in [6, 6.07) is 12.0. The van der Waals surface area contributed by atoms with Crippen molar-refractivity contribution in [1.82, 2.24) is 9.71 Å². The summed E-state index contributed by atoms with van der Waals surface area (Å²) in [5.74, 6) is 0. The summed E-state index contributed by atoms with van der Waals surface area (Å²) in [4.78, 5) is 4.46. The molecule has 0 aliphatic carbocycles. The number of nitrogens with zero attached hydrogens (tertiary/aromatic N) is 1. The van der Waals surface area contributed by atoms with Gasteiger partial charge in [-0.25, -0.2) is 13.1 Å². The number of benzene rings is 1. The molecule has 2 rings (SSSR count). The number of rotatable bonds is 4. The molecule has 4 nitrogen and oxygen atoms in total. The van der Waals surface area contributed by atoms with Gasteiger partial charge in [-0.1, -0.05) is 24.3 Å². The molecule has 19 heavy (non-hydrogen) atoms. The summed E-state index contributed by atoms with van der Waals surface area (Å²) in [5.41, 5.74) is 1.42. The third-order valence-electron chi connectivity index (χ3n) is 2.85. The first-order valence-electron chi connectivity index (χ1n) is 5.99. The van der Waals surface area contributed by atoms with Gasteiger partial charge in [-0.2, -0.15) is 0 Å². The van der Waals surface area contributed by atoms with Crippen LogP contribution in [0.3, 0.4) is 0 Å². The quantitative estimate of drug-likeness (QED) is 0.933. The number of aryl methyl sites for hydroxylation is 1. The molecule has 0 saturated heterocycles. The van der Waals surface area contributed by atoms with Crippen molar-refractivity contribution in [2.75, 3.05) is 0 Å². The molecule has 0 fully saturated rings. The Hall–Kier alpha value is -1.72. The second-order valence-corrected chi connectivity index (χ2v) is 6.05. The molecule has 0 aliphatic heterocycles. The van der Waals surface area contributed by atoms with Gasteiger partial charge in [0.1, 0.15) is 0 Å². The molecule has 5 heteroatoms. The fourth-order valence-electron chi connectivity index (χ4n) is 1.85. The zero-order chi connectivity index (χ0) is 13.9. The monoisotopic (exact) mass is 276 g/mol. The Balaban J connectivity index is 2.26. The van der Waals surface area contributed by atoms with Crippen LogP contribution in [0, 0.1) is 6.92 Å². The van der Waals surface area contributed by atoms with E-state index in [1.54, 1.807) is 50.4 Å². The van der Waals surface area contributed by atoms with Crippen LogP contribution in [-0.2, 0) is 10.0 Å². The molecule has 1 aromatic carbocycles. The van der Waals surface area contributed by atoms with Crippen molar-refractivity contribution in [3.8, 4) is 0 Å². The summed E-state index contributed by atoms with van der Waals surface area (Å²) in [7, 11) is -3.53. The van der Waals surface area contributed by atoms with E-state index in [0.717, 1.165) is 5.56 Å². The molecular weight excluding hydrogens is 260 g/mol. The highest BCUT2D eigenvalue weighted by molar-refractivity contribution is 7.89. The molecule has 100 valence electrons. The van der Waals surface area contributed by atoms with Crippen molar-refractivity contribution in [2.24, 2.45) is 0 Å². The molecule has 0 aliphatic rings. The van der Waals surface area contributed by atoms with Gasteiger partial charge < -0.3 is 0 Å². The maximum Gasteiger partial charge on any atom is 0.241 e. The summed E-state index contributed by atoms with van der Waals surface area (Å²) in [6.45, 7) is 3.55. The fourth-order valence-corrected chi connectivity index (χ4v) is 3.31. The van der Waals surface area contributed by atoms with Crippen molar-refractivity contribution in [3.63, 3.8) is 0 Å². The SMILES string of the molecule is Cc1ccccc1S(=O)(=O)N[C@H](C)c1ccccn1. The van der Waals surface area contributed by atoms with Gasteiger partial charge in [-0.3, -0.25) is 4.98 Å². The van der Waals surface area contributed by atoms with Crippen LogP contribution < -0.4 is 4.72 Å². The Kier molecular flexibility index (Phi) is 3.97. The minimum atomic E-state index is -3.53. The van der Waals surface area contributed by atoms with E-state index in [0.29, 0.717) is 10.6 Å². The third kappa shape index (κ3) is 3.19. The van der Waals surface area contributed by atoms with E-state index in [9.17, 15) is 8.42 Å². The first-order valence-corrected chi connectivity index (χ1v) is 7.48. The van der Waals surface area contributed by atoms with Crippen LogP contribution in [0.2, 0.25) is 0 Å². The van der Waals surface area contributed by atoms with E-state index in [2.05, 4.69) is 9.71 Å². The van der Waals surface area contributed by atoms with Gasteiger partial charge in [0.15, 0.2) is 0 Å². The van der Waals surface area contributed by atoms with Gasteiger partial charge in [0.05, 0.1) is 16.6 Å². The minimum Gasteiger partial charge on any atom is -0.260 e. The van der Waals surface area contributed by atoms with Crippen LogP contribution in [-0.4, -0.2) is 13.4 Å². The highest BCUT2D eigenvalue weighted by Gasteiger charge is 2.20. The van der Waals surface area contributed by atoms with E-state index in [-0.39, 0.29) is 6.04 Å². The average Bonchev–Trinajstić information content (AvgIpc) is 2.39. The van der Waals surface area contributed by atoms with Crippen LogP contribution in [0.4, 0.5) is 0 Å². The van der Waals surface area contributed by atoms with Gasteiger partial charge in [0.2, 0.25) is 10.0 Å². The Labute approximate surface area is 113 Å². The Morgan fingerprint density at radius 2 is 1.79 bits per heavy atom. The van der Waals surface area contributed by atoms with Crippen molar-refractivity contribution in [1.29, 1.82) is 0 Å². The summed E-state index contributed by atoms with van der Waals surface area (Å²) >= 11 is 0. The van der Waals surface area contributed by atoms with Crippen LogP contribution in [0.25, 0.3) is 0 Å². The molecule has 0 amide bonds. The highest BCUT2D eigenvalue weighted by atomic mass is 32.2. The van der Waals surface area contributed by atoms with Gasteiger partial charge in [-0.05, 0) is 37.6 Å². The molecule has 0 unspecified atom stereocenters. The predicted molar refractivity (Wildman–Crippen MR) is 74.2 cm³/mol. The lowest BCUT2D eigenvalue weighted by atomic mass is 10.2. The molecule has 2 aromatic rings. The molecule has 0 radical (unpaired) electrons. The van der Waals surface area contributed by atoms with Crippen molar-refractivity contribution < 1.29 is 8.42 Å². The number of aromatic nitrogens is 1. The summed E-state index contributed by atoms with van der Waals surface area (Å²) in [6.07, 6.45) is 1.65. The van der Waals surface area contributed by atoms with Crippen LogP contribution in [0.15, 0.2) is 53.6 Å². The maximum absolute atomic E-state index is 12.3. The van der Waals surface area contributed by atoms with Crippen molar-refractivity contribution >= 4 is 10.0 Å². The van der Waals surface area contributed by atoms with E-state index in [1.807, 2.05) is 12.1 Å². The standard InChI is InChI=1S/C14H16N2O2S/c1-11-7-3-4-9-14(11)19(17,18)16-12(2)13-8-5-6-10-15-13/h3-10,12,16H,1-2H3/t12-/m1/s1. The Bertz CT molecular complexity index is 654. The number of sulfonamides is 1. The lowest BCUT2D eigenvalue weighted by Crippen LogP contribution is -2.27. The largest absolute Gasteiger partial charge is 0.260 e. The number of hydrogen-bond donors (Lipinski definition) is 1. The smallest absolute Gasteiger partial charge is 0.241 e. The first kappa shape index (κ1) is 13.7. The highest BCUT2D eigenvalue weighted by Crippen LogP contribution is 2.17. The van der Waals surface area contributed by atoms with Crippen LogP contribution in [0.5, 0.6) is 0 Å². The predicted octanol–water partition coefficient (Wildman–Crippen LogP) is 2.43. The van der Waals surface area contributed by atoms with Gasteiger partial charge in [-0.15, -0.1) is 0 Å². The molecule has 0 bridgehead atoms. The molecular formula is C14H16N2O2S. The van der Waals surface area contributed by atoms with E-state index >= 15 is 0 Å². The lowest BCUT2D eigenvalue weighted by molar-refractivity contribution is 0.563. The fraction of sp³-hybridized carbons (Fsp3) is 0.214. The van der Waals surface area contributed by atoms with E-state index in [1.165, 1.54) is 0 Å². The summed E-state index contributed by atoms with van der Waals surface area (Å²) in [5, 5.41) is 0. The second-order valence-electron chi connectivity index (χ2n) is 4.36. The number of hydrogen-bond acceptors (Lipinski definition) is 3. The molecule has 0 saturated carbocycles. The zero-order valence-electron chi connectivity index (χ0n) is 10.9. The van der Waals surface area contributed by atoms with Crippen LogP contribution in [0.1, 0.15) is 24.2 Å². The number of nitrogens with one attached hydrogen (secondary N) is 1. The van der Waals surface area contributed by atoms with Crippen molar-refractivity contribution in [2.45, 2.75) is 24.8 Å². The normalized spacial score (nSPS) is 13.2. The molecule has 1 N–H and O–H groups in total. The molecule has 1 atom stereocenters. The van der Waals surface area contributed by atoms with Crippen LogP contribution >= 0.6 is 0 Å². The average molecular weight is 276 g/mol. The maximum atomic E-state index is 12.3. The molecule has 1 aromatic heterocycles. The Morgan fingerprint density at radius 1 is 1.11 bits per heavy atom. The van der Waals surface area contributed by atoms with Gasteiger partial charge in [0.25, 0.3) is 0 Å². The minimum absolute atomic E-state index is 0.304. The Morgan fingerprint density at radius 3 is 2.42 bits per heavy atom. The summed E-state index contributed by atoms with van der Waals surface area (Å²) < 4.78 is 27.2. The zero-order valence-corrected chi connectivity index (χ0v) is 11.7. The van der Waals surface area contributed by atoms with E-state index < -0.39 is 10.0 Å². The first-order chi connectivity index (χ1) is 9.00. The van der Waals surface area contributed by atoms with Gasteiger partial charge in [0, 0.05) is 6.20 Å². The second kappa shape index (κ2) is 5.50. The topological polar surface area (TPSA) is 59.1 Å². The third-order valence-corrected chi connectivity index (χ3v) is 4.55. The number of pyridine rings is 1. The van der Waals surface area contributed by atoms with E-state index in [4.69, 9.17) is 0 Å². The lowest BCUT2D eigenvalue weighted by Gasteiger charge is -2.14. The molecule has 1 heterocycles. The van der Waals surface area contributed by atoms with Crippen molar-refractivity contribution in [3.05, 3.63) is 59.9 Å². The van der Waals surface area contributed by atoms with Gasteiger partial charge >= 0.3 is 0 Å².